The van der Waals surface area contributed by atoms with Gasteiger partial charge in [-0.2, -0.15) is 0 Å². The first kappa shape index (κ1) is 21.9. The first-order valence-corrected chi connectivity index (χ1v) is 11.4. The van der Waals surface area contributed by atoms with Gasteiger partial charge < -0.3 is 19.7 Å². The summed E-state index contributed by atoms with van der Waals surface area (Å²) in [6.45, 7) is 3.60. The number of amides is 1. The van der Waals surface area contributed by atoms with Crippen molar-refractivity contribution in [2.75, 3.05) is 26.9 Å². The number of aliphatic hydroxyl groups excluding tert-OH is 1. The van der Waals surface area contributed by atoms with E-state index in [-0.39, 0.29) is 36.1 Å². The third-order valence-corrected chi connectivity index (χ3v) is 7.02. The van der Waals surface area contributed by atoms with E-state index in [1.165, 1.54) is 0 Å². The lowest BCUT2D eigenvalue weighted by molar-refractivity contribution is -0.127. The fourth-order valence-corrected chi connectivity index (χ4v) is 5.57. The second-order valence-corrected chi connectivity index (χ2v) is 8.87. The Balaban J connectivity index is 1.77. The number of allylic oxidation sites excluding steroid dienone is 1. The Morgan fingerprint density at radius 3 is 2.97 bits per heavy atom. The molecule has 1 fully saturated rings. The maximum Gasteiger partial charge on any atom is 0.258 e. The van der Waals surface area contributed by atoms with Gasteiger partial charge in [-0.25, -0.2) is 4.98 Å². The summed E-state index contributed by atoms with van der Waals surface area (Å²) in [6.07, 6.45) is 5.42. The van der Waals surface area contributed by atoms with Crippen molar-refractivity contribution in [2.45, 2.75) is 32.1 Å². The number of nitrogens with one attached hydrogen (secondary N) is 1. The number of aromatic nitrogens is 2. The van der Waals surface area contributed by atoms with Gasteiger partial charge in [0.15, 0.2) is 0 Å². The molecule has 1 saturated heterocycles. The fraction of sp³-hybridized carbons (Fsp3) is 0.500. The zero-order valence-electron chi connectivity index (χ0n) is 17.7. The van der Waals surface area contributed by atoms with Crippen molar-refractivity contribution >= 4 is 23.3 Å². The molecule has 4 rings (SSSR count). The van der Waals surface area contributed by atoms with E-state index in [1.807, 2.05) is 30.5 Å². The molecule has 2 N–H and O–H groups in total. The normalized spacial score (nSPS) is 25.1. The summed E-state index contributed by atoms with van der Waals surface area (Å²) < 4.78 is 6.85. The van der Waals surface area contributed by atoms with Gasteiger partial charge >= 0.3 is 0 Å². The lowest BCUT2D eigenvalue weighted by Crippen LogP contribution is -2.46. The van der Waals surface area contributed by atoms with Gasteiger partial charge in [-0.15, -0.1) is 11.3 Å². The van der Waals surface area contributed by atoms with Crippen molar-refractivity contribution in [3.05, 3.63) is 56.4 Å². The maximum absolute atomic E-state index is 13.2. The molecule has 2 aliphatic rings. The number of ether oxygens (including phenoxy) is 1. The van der Waals surface area contributed by atoms with Crippen molar-refractivity contribution in [1.82, 2.24) is 19.8 Å². The molecular formula is C22H28N4O4S. The summed E-state index contributed by atoms with van der Waals surface area (Å²) >= 11 is 1.57. The zero-order valence-corrected chi connectivity index (χ0v) is 18.5. The minimum atomic E-state index is -0.465. The van der Waals surface area contributed by atoms with Crippen molar-refractivity contribution in [2.24, 2.45) is 11.8 Å². The predicted octanol–water partition coefficient (Wildman–Crippen LogP) is 1.26. The number of nitrogens with zero attached hydrogens (tertiary/aromatic N) is 3. The fourth-order valence-electron chi connectivity index (χ4n) is 4.95. The monoisotopic (exact) mass is 444 g/mol. The molecule has 0 aliphatic carbocycles. The van der Waals surface area contributed by atoms with E-state index in [4.69, 9.17) is 4.74 Å². The minimum absolute atomic E-state index is 0.0587. The van der Waals surface area contributed by atoms with Crippen LogP contribution in [0, 0.1) is 11.8 Å². The number of pyridine rings is 1. The van der Waals surface area contributed by atoms with E-state index in [0.29, 0.717) is 31.8 Å². The largest absolute Gasteiger partial charge is 0.396 e. The molecule has 1 amide bonds. The van der Waals surface area contributed by atoms with Crippen LogP contribution in [-0.4, -0.2) is 58.4 Å². The molecule has 166 valence electrons. The number of methoxy groups -OCH3 is 1. The molecule has 0 aromatic carbocycles. The molecule has 9 heteroatoms. The second-order valence-electron chi connectivity index (χ2n) is 7.90. The molecule has 2 bridgehead atoms. The van der Waals surface area contributed by atoms with E-state index < -0.39 is 5.92 Å². The van der Waals surface area contributed by atoms with Gasteiger partial charge in [0, 0.05) is 61.6 Å². The molecule has 2 aromatic heterocycles. The molecule has 0 unspecified atom stereocenters. The highest BCUT2D eigenvalue weighted by Crippen LogP contribution is 2.49. The molecule has 0 spiro atoms. The van der Waals surface area contributed by atoms with Gasteiger partial charge in [0.05, 0.1) is 25.1 Å². The number of fused-ring (bicyclic) bond motifs is 4. The third-order valence-electron chi connectivity index (χ3n) is 6.26. The van der Waals surface area contributed by atoms with Crippen LogP contribution in [0.1, 0.15) is 29.2 Å². The van der Waals surface area contributed by atoms with Gasteiger partial charge in [0.1, 0.15) is 5.01 Å². The summed E-state index contributed by atoms with van der Waals surface area (Å²) in [7, 11) is 1.59. The predicted molar refractivity (Wildman–Crippen MR) is 119 cm³/mol. The molecule has 4 heterocycles. The van der Waals surface area contributed by atoms with E-state index in [1.54, 1.807) is 35.3 Å². The Bertz CT molecular complexity index is 1000. The zero-order chi connectivity index (χ0) is 22.0. The maximum atomic E-state index is 13.2. The average Bonchev–Trinajstić information content (AvgIpc) is 3.34. The topological polar surface area (TPSA) is 96.7 Å². The van der Waals surface area contributed by atoms with Crippen LogP contribution >= 0.6 is 11.3 Å². The summed E-state index contributed by atoms with van der Waals surface area (Å²) in [5.74, 6) is -0.865. The molecule has 2 aliphatic heterocycles. The molecular weight excluding hydrogens is 416 g/mol. The number of aliphatic hydroxyl groups is 1. The number of thiazole rings is 1. The summed E-state index contributed by atoms with van der Waals surface area (Å²) in [4.78, 5) is 33.0. The van der Waals surface area contributed by atoms with Crippen molar-refractivity contribution < 1.29 is 14.6 Å². The van der Waals surface area contributed by atoms with Gasteiger partial charge in [-0.3, -0.25) is 14.5 Å². The SMILES string of the molecule is C/C=C\c1ccc2n(c1=O)C[C@H]1[C@H](CO)[C@@H](C(=O)NCCOC)[C@@H]2N1Cc1nccs1. The van der Waals surface area contributed by atoms with Crippen LogP contribution in [0.5, 0.6) is 0 Å². The number of hydrogen-bond acceptors (Lipinski definition) is 7. The Labute approximate surface area is 185 Å². The Morgan fingerprint density at radius 1 is 1.45 bits per heavy atom. The highest BCUT2D eigenvalue weighted by atomic mass is 32.1. The van der Waals surface area contributed by atoms with Crippen LogP contribution < -0.4 is 10.9 Å². The van der Waals surface area contributed by atoms with Crippen LogP contribution in [0.2, 0.25) is 0 Å². The number of carbonyl (C=O) groups excluding carboxylic acids is 1. The first-order valence-electron chi connectivity index (χ1n) is 10.5. The van der Waals surface area contributed by atoms with Crippen LogP contribution in [0.15, 0.2) is 34.6 Å². The third kappa shape index (κ3) is 3.98. The number of hydrogen-bond donors (Lipinski definition) is 2. The van der Waals surface area contributed by atoms with Gasteiger partial charge in [-0.05, 0) is 19.1 Å². The molecule has 8 nitrogen and oxygen atoms in total. The van der Waals surface area contributed by atoms with Crippen LogP contribution in [0.4, 0.5) is 0 Å². The van der Waals surface area contributed by atoms with Crippen molar-refractivity contribution in [3.8, 4) is 0 Å². The van der Waals surface area contributed by atoms with Gasteiger partial charge in [-0.1, -0.05) is 12.2 Å². The van der Waals surface area contributed by atoms with Crippen LogP contribution in [-0.2, 0) is 22.6 Å². The smallest absolute Gasteiger partial charge is 0.258 e. The Hall–Kier alpha value is -2.33. The van der Waals surface area contributed by atoms with Crippen molar-refractivity contribution in [3.63, 3.8) is 0 Å². The molecule has 0 radical (unpaired) electrons. The molecule has 31 heavy (non-hydrogen) atoms. The first-order chi connectivity index (χ1) is 15.1. The van der Waals surface area contributed by atoms with Gasteiger partial charge in [0.25, 0.3) is 5.56 Å². The molecule has 2 aromatic rings. The van der Waals surface area contributed by atoms with E-state index in [0.717, 1.165) is 10.7 Å². The Kier molecular flexibility index (Phi) is 6.66. The lowest BCUT2D eigenvalue weighted by atomic mass is 9.86. The highest BCUT2D eigenvalue weighted by molar-refractivity contribution is 7.09. The Morgan fingerprint density at radius 2 is 2.29 bits per heavy atom. The number of rotatable bonds is 8. The summed E-state index contributed by atoms with van der Waals surface area (Å²) in [5.41, 5.74) is 1.38. The minimum Gasteiger partial charge on any atom is -0.396 e. The quantitative estimate of drug-likeness (QED) is 0.595. The van der Waals surface area contributed by atoms with E-state index in [9.17, 15) is 14.7 Å². The van der Waals surface area contributed by atoms with Gasteiger partial charge in [0.2, 0.25) is 5.91 Å². The van der Waals surface area contributed by atoms with Crippen LogP contribution in [0.25, 0.3) is 6.08 Å². The molecule has 0 saturated carbocycles. The second kappa shape index (κ2) is 9.44. The van der Waals surface area contributed by atoms with E-state index in [2.05, 4.69) is 15.2 Å². The highest BCUT2D eigenvalue weighted by Gasteiger charge is 2.55. The molecule has 4 atom stereocenters. The summed E-state index contributed by atoms with van der Waals surface area (Å²) in [6, 6.07) is 3.32. The average molecular weight is 445 g/mol. The van der Waals surface area contributed by atoms with Crippen LogP contribution in [0.3, 0.4) is 0 Å². The van der Waals surface area contributed by atoms with Crippen molar-refractivity contribution in [1.29, 1.82) is 0 Å². The number of carbonyl (C=O) groups is 1. The lowest BCUT2D eigenvalue weighted by Gasteiger charge is -2.37. The summed E-state index contributed by atoms with van der Waals surface area (Å²) in [5, 5.41) is 16.1. The van der Waals surface area contributed by atoms with E-state index >= 15 is 0 Å². The standard InChI is InChI=1S/C22H28N4O4S/c1-3-4-14-5-6-16-20-19(21(28)24-7-9-30-2)15(13-27)17(11-26(16)22(14)29)25(20)12-18-23-8-10-31-18/h3-6,8,10,15,17,19-20,27H,7,9,11-13H2,1-2H3,(H,24,28)/b4-3-/t15-,17-,19+,20+/m0/s1.